The molecule has 5 nitrogen and oxygen atoms in total. The van der Waals surface area contributed by atoms with E-state index in [1.54, 1.807) is 0 Å². The highest BCUT2D eigenvalue weighted by molar-refractivity contribution is 6.04. The molecule has 116 valence electrons. The van der Waals surface area contributed by atoms with Crippen molar-refractivity contribution in [2.75, 3.05) is 0 Å². The summed E-state index contributed by atoms with van der Waals surface area (Å²) in [4.78, 5) is 25.4. The Hall–Kier alpha value is -2.56. The van der Waals surface area contributed by atoms with Crippen LogP contribution < -0.4 is 10.9 Å². The van der Waals surface area contributed by atoms with Gasteiger partial charge in [0.25, 0.3) is 0 Å². The predicted octanol–water partition coefficient (Wildman–Crippen LogP) is 3.36. The number of phenolic OH excluding ortho intramolecular Hbond substituents is 1. The quantitative estimate of drug-likeness (QED) is 0.734. The van der Waals surface area contributed by atoms with Crippen LogP contribution in [0, 0.1) is 0 Å². The van der Waals surface area contributed by atoms with E-state index >= 15 is 0 Å². The molecular formula is C18H14O5. The Morgan fingerprint density at radius 3 is 2.04 bits per heavy atom. The van der Waals surface area contributed by atoms with Crippen molar-refractivity contribution in [1.29, 1.82) is 0 Å². The van der Waals surface area contributed by atoms with Crippen LogP contribution in [0.4, 0.5) is 0 Å². The number of aromatic hydroxyl groups is 1. The summed E-state index contributed by atoms with van der Waals surface area (Å²) in [6.07, 6.45) is 6.76. The lowest BCUT2D eigenvalue weighted by atomic mass is 10.0. The fraction of sp³-hybridized carbons (Fsp3) is 0.333. The maximum atomic E-state index is 12.8. The van der Waals surface area contributed by atoms with Gasteiger partial charge in [0.15, 0.2) is 16.4 Å². The van der Waals surface area contributed by atoms with E-state index in [4.69, 9.17) is 8.83 Å². The molecule has 0 atom stereocenters. The van der Waals surface area contributed by atoms with E-state index in [1.807, 2.05) is 0 Å². The fourth-order valence-electron chi connectivity index (χ4n) is 3.26. The third-order valence-electron chi connectivity index (χ3n) is 4.85. The zero-order valence-corrected chi connectivity index (χ0v) is 12.3. The molecule has 0 saturated heterocycles. The minimum atomic E-state index is -0.246. The van der Waals surface area contributed by atoms with Crippen molar-refractivity contribution >= 4 is 21.9 Å². The molecule has 2 aromatic heterocycles. The first kappa shape index (κ1) is 12.9. The summed E-state index contributed by atoms with van der Waals surface area (Å²) in [5, 5.41) is 10.6. The Labute approximate surface area is 130 Å². The summed E-state index contributed by atoms with van der Waals surface area (Å²) < 4.78 is 11.2. The minimum Gasteiger partial charge on any atom is -0.507 e. The number of hydrogen-bond acceptors (Lipinski definition) is 5. The predicted molar refractivity (Wildman–Crippen MR) is 84.1 cm³/mol. The summed E-state index contributed by atoms with van der Waals surface area (Å²) >= 11 is 0. The monoisotopic (exact) mass is 310 g/mol. The first-order valence-corrected chi connectivity index (χ1v) is 7.88. The molecule has 0 amide bonds. The van der Waals surface area contributed by atoms with Crippen LogP contribution >= 0.6 is 0 Å². The Balaban J connectivity index is 1.94. The first-order valence-electron chi connectivity index (χ1n) is 7.88. The van der Waals surface area contributed by atoms with Crippen molar-refractivity contribution in [2.24, 2.45) is 0 Å². The van der Waals surface area contributed by atoms with Gasteiger partial charge in [-0.25, -0.2) is 0 Å². The van der Waals surface area contributed by atoms with E-state index in [0.717, 1.165) is 25.7 Å². The Morgan fingerprint density at radius 2 is 1.43 bits per heavy atom. The minimum absolute atomic E-state index is 0.0853. The molecule has 2 fully saturated rings. The normalized spacial score (nSPS) is 17.9. The van der Waals surface area contributed by atoms with Gasteiger partial charge in [-0.05, 0) is 37.5 Å². The average Bonchev–Trinajstić information content (AvgIpc) is 3.40. The highest BCUT2D eigenvalue weighted by atomic mass is 16.3. The molecule has 5 heteroatoms. The van der Waals surface area contributed by atoms with Crippen LogP contribution in [0.2, 0.25) is 0 Å². The SMILES string of the molecule is O=c1c(C2CC2)coc2c1c(O)cc1occ(C3CC3)c(=O)c12. The lowest BCUT2D eigenvalue weighted by molar-refractivity contribution is 0.477. The molecule has 1 N–H and O–H groups in total. The van der Waals surface area contributed by atoms with Crippen LogP contribution in [-0.4, -0.2) is 5.11 Å². The van der Waals surface area contributed by atoms with Crippen molar-refractivity contribution in [2.45, 2.75) is 37.5 Å². The van der Waals surface area contributed by atoms with Gasteiger partial charge in [-0.2, -0.15) is 0 Å². The number of rotatable bonds is 2. The number of fused-ring (bicyclic) bond motifs is 3. The topological polar surface area (TPSA) is 80.7 Å². The molecule has 2 heterocycles. The third-order valence-corrected chi connectivity index (χ3v) is 4.85. The van der Waals surface area contributed by atoms with E-state index in [1.165, 1.54) is 18.6 Å². The zero-order chi connectivity index (χ0) is 15.7. The van der Waals surface area contributed by atoms with Gasteiger partial charge < -0.3 is 13.9 Å². The Morgan fingerprint density at radius 1 is 0.870 bits per heavy atom. The summed E-state index contributed by atoms with van der Waals surface area (Å²) in [5.41, 5.74) is 1.16. The molecule has 0 aliphatic heterocycles. The molecule has 2 aliphatic rings. The van der Waals surface area contributed by atoms with Gasteiger partial charge in [0.1, 0.15) is 22.1 Å². The second kappa shape index (κ2) is 4.25. The molecule has 3 aromatic rings. The van der Waals surface area contributed by atoms with E-state index in [-0.39, 0.29) is 50.4 Å². The molecule has 23 heavy (non-hydrogen) atoms. The lowest BCUT2D eigenvalue weighted by Crippen LogP contribution is -2.12. The van der Waals surface area contributed by atoms with E-state index < -0.39 is 0 Å². The zero-order valence-electron chi connectivity index (χ0n) is 12.3. The van der Waals surface area contributed by atoms with Crippen LogP contribution in [0.25, 0.3) is 21.9 Å². The largest absolute Gasteiger partial charge is 0.507 e. The van der Waals surface area contributed by atoms with Crippen molar-refractivity contribution < 1.29 is 13.9 Å². The standard InChI is InChI=1S/C18H14O5/c19-12-5-13-15(17(21)10(6-22-13)8-1-2-8)18-14(12)16(20)11(7-23-18)9-3-4-9/h5-9,19H,1-4H2. The molecule has 2 saturated carbocycles. The molecule has 5 rings (SSSR count). The molecule has 0 unspecified atom stereocenters. The maximum Gasteiger partial charge on any atom is 0.199 e. The van der Waals surface area contributed by atoms with Gasteiger partial charge in [0, 0.05) is 17.2 Å². The molecule has 0 bridgehead atoms. The third kappa shape index (κ3) is 1.79. The van der Waals surface area contributed by atoms with Crippen LogP contribution in [0.5, 0.6) is 5.75 Å². The van der Waals surface area contributed by atoms with Crippen LogP contribution in [-0.2, 0) is 0 Å². The van der Waals surface area contributed by atoms with Crippen molar-refractivity contribution in [3.8, 4) is 5.75 Å². The molecule has 2 aliphatic carbocycles. The van der Waals surface area contributed by atoms with Gasteiger partial charge in [0.05, 0.1) is 12.5 Å². The second-order valence-corrected chi connectivity index (χ2v) is 6.56. The number of benzene rings is 1. The van der Waals surface area contributed by atoms with Crippen LogP contribution in [0.15, 0.2) is 37.0 Å². The average molecular weight is 310 g/mol. The summed E-state index contributed by atoms with van der Waals surface area (Å²) in [5.74, 6) is 0.239. The van der Waals surface area contributed by atoms with Crippen molar-refractivity contribution in [1.82, 2.24) is 0 Å². The van der Waals surface area contributed by atoms with Gasteiger partial charge in [0.2, 0.25) is 0 Å². The molecule has 0 radical (unpaired) electrons. The van der Waals surface area contributed by atoms with Gasteiger partial charge >= 0.3 is 0 Å². The Kier molecular flexibility index (Phi) is 2.39. The van der Waals surface area contributed by atoms with E-state index in [0.29, 0.717) is 11.1 Å². The van der Waals surface area contributed by atoms with E-state index in [2.05, 4.69) is 0 Å². The fourth-order valence-corrected chi connectivity index (χ4v) is 3.26. The molecular weight excluding hydrogens is 296 g/mol. The van der Waals surface area contributed by atoms with Crippen LogP contribution in [0.1, 0.15) is 48.6 Å². The number of hydrogen-bond donors (Lipinski definition) is 1. The number of phenols is 1. The molecule has 1 aromatic carbocycles. The highest BCUT2D eigenvalue weighted by Crippen LogP contribution is 2.41. The van der Waals surface area contributed by atoms with Gasteiger partial charge in [-0.3, -0.25) is 9.59 Å². The maximum absolute atomic E-state index is 12.8. The summed E-state index contributed by atoms with van der Waals surface area (Å²) in [6, 6.07) is 1.34. The van der Waals surface area contributed by atoms with E-state index in [9.17, 15) is 14.7 Å². The van der Waals surface area contributed by atoms with Crippen molar-refractivity contribution in [3.05, 3.63) is 50.2 Å². The first-order chi connectivity index (χ1) is 11.1. The summed E-state index contributed by atoms with van der Waals surface area (Å²) in [7, 11) is 0. The van der Waals surface area contributed by atoms with Crippen LogP contribution in [0.3, 0.4) is 0 Å². The smallest absolute Gasteiger partial charge is 0.199 e. The summed E-state index contributed by atoms with van der Waals surface area (Å²) in [6.45, 7) is 0. The van der Waals surface area contributed by atoms with Gasteiger partial charge in [-0.1, -0.05) is 0 Å². The highest BCUT2D eigenvalue weighted by Gasteiger charge is 2.31. The Bertz CT molecular complexity index is 1080. The molecule has 0 spiro atoms. The van der Waals surface area contributed by atoms with Gasteiger partial charge in [-0.15, -0.1) is 0 Å². The van der Waals surface area contributed by atoms with Crippen molar-refractivity contribution in [3.63, 3.8) is 0 Å². The second-order valence-electron chi connectivity index (χ2n) is 6.56. The lowest BCUT2D eigenvalue weighted by Gasteiger charge is -2.07.